The van der Waals surface area contributed by atoms with Crippen molar-refractivity contribution in [3.05, 3.63) is 47.5 Å². The molecule has 1 aromatic rings. The fourth-order valence-corrected chi connectivity index (χ4v) is 1.70. The predicted octanol–water partition coefficient (Wildman–Crippen LogP) is 2.38. The third kappa shape index (κ3) is 3.97. The fraction of sp³-hybridized carbons (Fsp3) is 0.385. The van der Waals surface area contributed by atoms with Gasteiger partial charge in [-0.15, -0.1) is 6.58 Å². The molecule has 0 saturated heterocycles. The number of nitrogens with two attached hydrogens (primary N) is 1. The number of hydrogen-bond acceptors (Lipinski definition) is 2. The van der Waals surface area contributed by atoms with Crippen LogP contribution in [0.1, 0.15) is 12.5 Å². The zero-order chi connectivity index (χ0) is 12.0. The van der Waals surface area contributed by atoms with Gasteiger partial charge in [-0.2, -0.15) is 0 Å². The van der Waals surface area contributed by atoms with Gasteiger partial charge in [0.1, 0.15) is 0 Å². The average molecular weight is 239 g/mol. The molecule has 3 heteroatoms. The lowest BCUT2D eigenvalue weighted by atomic mass is 9.93. The second-order valence-electron chi connectivity index (χ2n) is 4.24. The third-order valence-corrected chi connectivity index (χ3v) is 2.88. The minimum absolute atomic E-state index is 0.0952. The summed E-state index contributed by atoms with van der Waals surface area (Å²) in [6.07, 6.45) is 2.73. The van der Waals surface area contributed by atoms with E-state index in [0.717, 1.165) is 18.0 Å². The van der Waals surface area contributed by atoms with Gasteiger partial charge in [0.25, 0.3) is 0 Å². The molecule has 3 N–H and O–H groups in total. The molecule has 0 heterocycles. The highest BCUT2D eigenvalue weighted by Crippen LogP contribution is 2.15. The topological polar surface area (TPSA) is 38.0 Å². The van der Waals surface area contributed by atoms with Crippen molar-refractivity contribution in [3.63, 3.8) is 0 Å². The first-order valence-electron chi connectivity index (χ1n) is 5.40. The summed E-state index contributed by atoms with van der Waals surface area (Å²) >= 11 is 5.85. The molecule has 1 rings (SSSR count). The van der Waals surface area contributed by atoms with Crippen LogP contribution in [-0.4, -0.2) is 18.6 Å². The summed E-state index contributed by atoms with van der Waals surface area (Å²) in [5.41, 5.74) is 6.94. The van der Waals surface area contributed by atoms with Gasteiger partial charge < -0.3 is 11.1 Å². The van der Waals surface area contributed by atoms with Crippen LogP contribution >= 0.6 is 11.6 Å². The van der Waals surface area contributed by atoms with E-state index in [1.807, 2.05) is 30.3 Å². The number of hydrogen-bond donors (Lipinski definition) is 2. The molecule has 1 aromatic carbocycles. The van der Waals surface area contributed by atoms with Crippen molar-refractivity contribution < 1.29 is 0 Å². The molecule has 0 aliphatic heterocycles. The fourth-order valence-electron chi connectivity index (χ4n) is 1.58. The molecule has 0 fully saturated rings. The Hall–Kier alpha value is -0.830. The molecule has 1 unspecified atom stereocenters. The number of nitrogens with one attached hydrogen (secondary N) is 1. The van der Waals surface area contributed by atoms with Gasteiger partial charge in [0, 0.05) is 23.7 Å². The van der Waals surface area contributed by atoms with Crippen molar-refractivity contribution in [1.82, 2.24) is 5.32 Å². The molecule has 1 atom stereocenters. The Bertz CT molecular complexity index is 334. The SMILES string of the molecule is C=CCNC(C)(CN)Cc1ccc(Cl)cc1. The molecular formula is C13H19ClN2. The monoisotopic (exact) mass is 238 g/mol. The second-order valence-corrected chi connectivity index (χ2v) is 4.67. The van der Waals surface area contributed by atoms with E-state index in [-0.39, 0.29) is 5.54 Å². The van der Waals surface area contributed by atoms with Crippen LogP contribution in [-0.2, 0) is 6.42 Å². The zero-order valence-corrected chi connectivity index (χ0v) is 10.4. The highest BCUT2D eigenvalue weighted by molar-refractivity contribution is 6.30. The molecule has 0 bridgehead atoms. The molecule has 16 heavy (non-hydrogen) atoms. The zero-order valence-electron chi connectivity index (χ0n) is 9.67. The second kappa shape index (κ2) is 6.04. The van der Waals surface area contributed by atoms with Crippen molar-refractivity contribution in [1.29, 1.82) is 0 Å². The predicted molar refractivity (Wildman–Crippen MR) is 70.8 cm³/mol. The molecular weight excluding hydrogens is 220 g/mol. The van der Waals surface area contributed by atoms with Gasteiger partial charge in [-0.05, 0) is 31.0 Å². The molecule has 0 amide bonds. The lowest BCUT2D eigenvalue weighted by Crippen LogP contribution is -2.50. The Morgan fingerprint density at radius 1 is 1.44 bits per heavy atom. The van der Waals surface area contributed by atoms with E-state index in [4.69, 9.17) is 17.3 Å². The van der Waals surface area contributed by atoms with E-state index >= 15 is 0 Å². The summed E-state index contributed by atoms with van der Waals surface area (Å²) in [5, 5.41) is 4.14. The van der Waals surface area contributed by atoms with E-state index in [1.54, 1.807) is 0 Å². The van der Waals surface area contributed by atoms with E-state index in [0.29, 0.717) is 6.54 Å². The Kier molecular flexibility index (Phi) is 5.00. The maximum absolute atomic E-state index is 5.85. The van der Waals surface area contributed by atoms with Crippen LogP contribution in [0.15, 0.2) is 36.9 Å². The van der Waals surface area contributed by atoms with Gasteiger partial charge in [0.05, 0.1) is 0 Å². The molecule has 0 aliphatic carbocycles. The van der Waals surface area contributed by atoms with Gasteiger partial charge in [-0.1, -0.05) is 29.8 Å². The van der Waals surface area contributed by atoms with Gasteiger partial charge in [0.2, 0.25) is 0 Å². The normalized spacial score (nSPS) is 14.4. The summed E-state index contributed by atoms with van der Waals surface area (Å²) in [5.74, 6) is 0. The third-order valence-electron chi connectivity index (χ3n) is 2.63. The van der Waals surface area contributed by atoms with Crippen LogP contribution in [0.3, 0.4) is 0 Å². The van der Waals surface area contributed by atoms with E-state index in [9.17, 15) is 0 Å². The minimum atomic E-state index is -0.0952. The Morgan fingerprint density at radius 3 is 2.56 bits per heavy atom. The molecule has 0 saturated carbocycles. The quantitative estimate of drug-likeness (QED) is 0.747. The standard InChI is InChI=1S/C13H19ClN2/c1-3-8-16-13(2,10-15)9-11-4-6-12(14)7-5-11/h3-7,16H,1,8-10,15H2,2H3. The van der Waals surface area contributed by atoms with E-state index in [2.05, 4.69) is 18.8 Å². The van der Waals surface area contributed by atoms with Crippen molar-refractivity contribution in [2.75, 3.05) is 13.1 Å². The largest absolute Gasteiger partial charge is 0.329 e. The van der Waals surface area contributed by atoms with Crippen LogP contribution < -0.4 is 11.1 Å². The maximum atomic E-state index is 5.85. The first-order valence-corrected chi connectivity index (χ1v) is 5.78. The Balaban J connectivity index is 2.68. The smallest absolute Gasteiger partial charge is 0.0406 e. The van der Waals surface area contributed by atoms with Crippen LogP contribution in [0.4, 0.5) is 0 Å². The van der Waals surface area contributed by atoms with Crippen LogP contribution in [0.2, 0.25) is 5.02 Å². The average Bonchev–Trinajstić information content (AvgIpc) is 2.30. The van der Waals surface area contributed by atoms with E-state index in [1.165, 1.54) is 5.56 Å². The summed E-state index contributed by atoms with van der Waals surface area (Å²) in [7, 11) is 0. The van der Waals surface area contributed by atoms with E-state index < -0.39 is 0 Å². The van der Waals surface area contributed by atoms with Crippen molar-refractivity contribution >= 4 is 11.6 Å². The maximum Gasteiger partial charge on any atom is 0.0406 e. The Labute approximate surface area is 102 Å². The number of benzene rings is 1. The van der Waals surface area contributed by atoms with Crippen molar-refractivity contribution in [3.8, 4) is 0 Å². The summed E-state index contributed by atoms with van der Waals surface area (Å²) in [6.45, 7) is 7.16. The van der Waals surface area contributed by atoms with Crippen LogP contribution in [0, 0.1) is 0 Å². The molecule has 0 aliphatic rings. The Morgan fingerprint density at radius 2 is 2.06 bits per heavy atom. The van der Waals surface area contributed by atoms with Gasteiger partial charge >= 0.3 is 0 Å². The van der Waals surface area contributed by atoms with Gasteiger partial charge in [-0.3, -0.25) is 0 Å². The summed E-state index contributed by atoms with van der Waals surface area (Å²) in [6, 6.07) is 7.88. The first-order chi connectivity index (χ1) is 7.59. The van der Waals surface area contributed by atoms with Crippen LogP contribution in [0.5, 0.6) is 0 Å². The lowest BCUT2D eigenvalue weighted by Gasteiger charge is -2.29. The molecule has 2 nitrogen and oxygen atoms in total. The lowest BCUT2D eigenvalue weighted by molar-refractivity contribution is 0.378. The molecule has 0 aromatic heterocycles. The molecule has 88 valence electrons. The minimum Gasteiger partial charge on any atom is -0.329 e. The van der Waals surface area contributed by atoms with Crippen LogP contribution in [0.25, 0.3) is 0 Å². The summed E-state index contributed by atoms with van der Waals surface area (Å²) < 4.78 is 0. The van der Waals surface area contributed by atoms with Crippen molar-refractivity contribution in [2.45, 2.75) is 18.9 Å². The summed E-state index contributed by atoms with van der Waals surface area (Å²) in [4.78, 5) is 0. The molecule has 0 radical (unpaired) electrons. The van der Waals surface area contributed by atoms with Gasteiger partial charge in [0.15, 0.2) is 0 Å². The molecule has 0 spiro atoms. The first kappa shape index (κ1) is 13.2. The highest BCUT2D eigenvalue weighted by atomic mass is 35.5. The van der Waals surface area contributed by atoms with Gasteiger partial charge in [-0.25, -0.2) is 0 Å². The number of rotatable bonds is 6. The van der Waals surface area contributed by atoms with Crippen molar-refractivity contribution in [2.24, 2.45) is 5.73 Å². The number of halogens is 1. The highest BCUT2D eigenvalue weighted by Gasteiger charge is 2.21.